The first kappa shape index (κ1) is 19.0. The van der Waals surface area contributed by atoms with Crippen molar-refractivity contribution in [2.75, 3.05) is 31.1 Å². The predicted molar refractivity (Wildman–Crippen MR) is 119 cm³/mol. The fraction of sp³-hybridized carbons (Fsp3) is 0.458. The number of benzene rings is 2. The molecule has 2 heterocycles. The van der Waals surface area contributed by atoms with E-state index in [9.17, 15) is 0 Å². The number of rotatable bonds is 3. The van der Waals surface area contributed by atoms with Gasteiger partial charge in [-0.3, -0.25) is 4.90 Å². The van der Waals surface area contributed by atoms with E-state index in [2.05, 4.69) is 91.9 Å². The number of hydrogen-bond donors (Lipinski definition) is 1. The van der Waals surface area contributed by atoms with E-state index in [1.54, 1.807) is 0 Å². The third-order valence-electron chi connectivity index (χ3n) is 6.03. The maximum Gasteiger partial charge on any atom is 0.138 e. The summed E-state index contributed by atoms with van der Waals surface area (Å²) in [5.41, 5.74) is 6.08. The van der Waals surface area contributed by atoms with E-state index in [1.165, 1.54) is 11.3 Å². The van der Waals surface area contributed by atoms with Crippen molar-refractivity contribution >= 4 is 16.7 Å². The molecule has 4 heteroatoms. The van der Waals surface area contributed by atoms with Gasteiger partial charge in [0, 0.05) is 31.2 Å². The Morgan fingerprint density at radius 1 is 1.07 bits per heavy atom. The van der Waals surface area contributed by atoms with Gasteiger partial charge in [-0.05, 0) is 36.6 Å². The third kappa shape index (κ3) is 3.53. The molecule has 0 bridgehead atoms. The number of para-hydroxylation sites is 1. The minimum atomic E-state index is 0.164. The highest BCUT2D eigenvalue weighted by molar-refractivity contribution is 5.91. The molecule has 0 amide bonds. The van der Waals surface area contributed by atoms with Crippen molar-refractivity contribution in [3.63, 3.8) is 0 Å². The summed E-state index contributed by atoms with van der Waals surface area (Å²) in [5.74, 6) is 0.947. The number of H-pyrrole nitrogens is 1. The summed E-state index contributed by atoms with van der Waals surface area (Å²) in [7, 11) is 0. The monoisotopic (exact) mass is 376 g/mol. The van der Waals surface area contributed by atoms with Crippen LogP contribution >= 0.6 is 0 Å². The lowest BCUT2D eigenvalue weighted by Crippen LogP contribution is -2.51. The Bertz CT molecular complexity index is 949. The summed E-state index contributed by atoms with van der Waals surface area (Å²) in [6.07, 6.45) is 0. The molecule has 4 nitrogen and oxygen atoms in total. The first-order chi connectivity index (χ1) is 13.4. The van der Waals surface area contributed by atoms with Crippen LogP contribution in [0.25, 0.3) is 22.4 Å². The first-order valence-electron chi connectivity index (χ1n) is 10.5. The molecule has 1 aliphatic heterocycles. The van der Waals surface area contributed by atoms with E-state index in [1.807, 2.05) is 0 Å². The van der Waals surface area contributed by atoms with Crippen molar-refractivity contribution in [3.05, 3.63) is 48.0 Å². The molecule has 1 unspecified atom stereocenters. The molecule has 28 heavy (non-hydrogen) atoms. The molecule has 1 saturated heterocycles. The van der Waals surface area contributed by atoms with E-state index < -0.39 is 0 Å². The summed E-state index contributed by atoms with van der Waals surface area (Å²) in [6.45, 7) is 15.6. The van der Waals surface area contributed by atoms with Gasteiger partial charge in [0.15, 0.2) is 0 Å². The highest BCUT2D eigenvalue weighted by atomic mass is 15.3. The van der Waals surface area contributed by atoms with E-state index in [0.717, 1.165) is 48.6 Å². The smallest absolute Gasteiger partial charge is 0.138 e. The van der Waals surface area contributed by atoms with E-state index in [-0.39, 0.29) is 5.41 Å². The predicted octanol–water partition coefficient (Wildman–Crippen LogP) is 5.06. The van der Waals surface area contributed by atoms with Crippen molar-refractivity contribution in [2.45, 2.75) is 46.1 Å². The van der Waals surface area contributed by atoms with Gasteiger partial charge >= 0.3 is 0 Å². The van der Waals surface area contributed by atoms with Gasteiger partial charge in [-0.25, -0.2) is 4.98 Å². The number of hydrogen-bond acceptors (Lipinski definition) is 3. The van der Waals surface area contributed by atoms with Gasteiger partial charge in [0.1, 0.15) is 11.3 Å². The summed E-state index contributed by atoms with van der Waals surface area (Å²) >= 11 is 0. The molecule has 148 valence electrons. The lowest BCUT2D eigenvalue weighted by molar-refractivity contribution is 0.199. The summed E-state index contributed by atoms with van der Waals surface area (Å²) in [6, 6.07) is 15.8. The minimum absolute atomic E-state index is 0.164. The second-order valence-corrected chi connectivity index (χ2v) is 9.01. The molecule has 0 spiro atoms. The maximum absolute atomic E-state index is 5.00. The average Bonchev–Trinajstić information content (AvgIpc) is 3.11. The number of imidazole rings is 1. The number of fused-ring (bicyclic) bond motifs is 1. The maximum atomic E-state index is 5.00. The van der Waals surface area contributed by atoms with Crippen LogP contribution in [0.2, 0.25) is 0 Å². The van der Waals surface area contributed by atoms with Gasteiger partial charge < -0.3 is 9.88 Å². The Labute approximate surface area is 168 Å². The zero-order chi connectivity index (χ0) is 19.9. The molecule has 3 aromatic rings. The number of nitrogens with one attached hydrogen (secondary N) is 1. The highest BCUT2D eigenvalue weighted by Crippen LogP contribution is 2.31. The van der Waals surface area contributed by atoms with E-state index >= 15 is 0 Å². The first-order valence-corrected chi connectivity index (χ1v) is 10.5. The lowest BCUT2D eigenvalue weighted by atomic mass is 9.87. The number of aromatic nitrogens is 2. The number of aromatic amines is 1. The molecular formula is C24H32N4. The number of likely N-dealkylation sites (N-methyl/N-ethyl adjacent to an activating group) is 1. The number of anilines is 1. The Balaban J connectivity index is 1.66. The van der Waals surface area contributed by atoms with Crippen molar-refractivity contribution in [3.8, 4) is 11.4 Å². The zero-order valence-electron chi connectivity index (χ0n) is 17.8. The van der Waals surface area contributed by atoms with Crippen LogP contribution in [-0.2, 0) is 5.41 Å². The summed E-state index contributed by atoms with van der Waals surface area (Å²) < 4.78 is 0. The molecule has 1 aromatic heterocycles. The molecule has 1 N–H and O–H groups in total. The molecule has 0 saturated carbocycles. The van der Waals surface area contributed by atoms with Crippen molar-refractivity contribution in [1.82, 2.24) is 14.9 Å². The van der Waals surface area contributed by atoms with E-state index in [4.69, 9.17) is 4.98 Å². The molecule has 1 fully saturated rings. The molecular weight excluding hydrogens is 344 g/mol. The molecule has 1 aliphatic rings. The SMILES string of the molecule is CCN1CCN(c2cccc3[nH]c(-c4ccc(C(C)(C)C)cc4)nc23)CC1C. The van der Waals surface area contributed by atoms with E-state index in [0.29, 0.717) is 6.04 Å². The molecule has 4 rings (SSSR count). The normalized spacial score (nSPS) is 18.8. The van der Waals surface area contributed by atoms with Crippen LogP contribution in [0.3, 0.4) is 0 Å². The van der Waals surface area contributed by atoms with Crippen molar-refractivity contribution < 1.29 is 0 Å². The Hall–Kier alpha value is -2.33. The second kappa shape index (κ2) is 7.25. The second-order valence-electron chi connectivity index (χ2n) is 9.01. The average molecular weight is 377 g/mol. The van der Waals surface area contributed by atoms with Crippen LogP contribution in [0.4, 0.5) is 5.69 Å². The van der Waals surface area contributed by atoms with Crippen LogP contribution in [0, 0.1) is 0 Å². The molecule has 0 radical (unpaired) electrons. The summed E-state index contributed by atoms with van der Waals surface area (Å²) in [4.78, 5) is 13.6. The largest absolute Gasteiger partial charge is 0.367 e. The van der Waals surface area contributed by atoms with Crippen LogP contribution in [-0.4, -0.2) is 47.1 Å². The molecule has 0 aliphatic carbocycles. The fourth-order valence-electron chi connectivity index (χ4n) is 4.22. The standard InChI is InChI=1S/C24H32N4/c1-6-27-14-15-28(16-17(27)2)21-9-7-8-20-22(21)26-23(25-20)18-10-12-19(13-11-18)24(3,4)5/h7-13,17H,6,14-16H2,1-5H3,(H,25,26). The fourth-order valence-corrected chi connectivity index (χ4v) is 4.22. The van der Waals surface area contributed by atoms with Crippen molar-refractivity contribution in [2.24, 2.45) is 0 Å². The number of piperazine rings is 1. The van der Waals surface area contributed by atoms with Crippen LogP contribution in [0.5, 0.6) is 0 Å². The third-order valence-corrected chi connectivity index (χ3v) is 6.03. The molecule has 2 aromatic carbocycles. The van der Waals surface area contributed by atoms with Gasteiger partial charge in [0.05, 0.1) is 11.2 Å². The Morgan fingerprint density at radius 3 is 2.46 bits per heavy atom. The zero-order valence-corrected chi connectivity index (χ0v) is 17.8. The Morgan fingerprint density at radius 2 is 1.82 bits per heavy atom. The van der Waals surface area contributed by atoms with Crippen LogP contribution in [0.15, 0.2) is 42.5 Å². The van der Waals surface area contributed by atoms with Gasteiger partial charge in [-0.15, -0.1) is 0 Å². The topological polar surface area (TPSA) is 35.2 Å². The van der Waals surface area contributed by atoms with Gasteiger partial charge in [0.2, 0.25) is 0 Å². The lowest BCUT2D eigenvalue weighted by Gasteiger charge is -2.40. The Kier molecular flexibility index (Phi) is 4.92. The van der Waals surface area contributed by atoms with Crippen LogP contribution in [0.1, 0.15) is 40.2 Å². The van der Waals surface area contributed by atoms with Crippen molar-refractivity contribution in [1.29, 1.82) is 0 Å². The van der Waals surface area contributed by atoms with Gasteiger partial charge in [-0.1, -0.05) is 58.0 Å². The summed E-state index contributed by atoms with van der Waals surface area (Å²) in [5, 5.41) is 0. The highest BCUT2D eigenvalue weighted by Gasteiger charge is 2.24. The number of nitrogens with zero attached hydrogens (tertiary/aromatic N) is 3. The quantitative estimate of drug-likeness (QED) is 0.694. The molecule has 1 atom stereocenters. The van der Waals surface area contributed by atoms with Gasteiger partial charge in [-0.2, -0.15) is 0 Å². The van der Waals surface area contributed by atoms with Gasteiger partial charge in [0.25, 0.3) is 0 Å². The van der Waals surface area contributed by atoms with Crippen LogP contribution < -0.4 is 4.90 Å². The minimum Gasteiger partial charge on any atom is -0.367 e.